The second kappa shape index (κ2) is 8.15. The Kier molecular flexibility index (Phi) is 8.13. The van der Waals surface area contributed by atoms with Crippen molar-refractivity contribution in [2.45, 2.75) is 72.8 Å². The lowest BCUT2D eigenvalue weighted by atomic mass is 9.85. The van der Waals surface area contributed by atoms with Gasteiger partial charge in [-0.1, -0.05) is 53.9 Å². The molecule has 0 rings (SSSR count). The third-order valence-electron chi connectivity index (χ3n) is 3.27. The third kappa shape index (κ3) is 6.94. The van der Waals surface area contributed by atoms with Gasteiger partial charge in [-0.2, -0.15) is 0 Å². The lowest BCUT2D eigenvalue weighted by molar-refractivity contribution is 0.0696. The molecule has 0 spiro atoms. The van der Waals surface area contributed by atoms with E-state index in [1.807, 2.05) is 0 Å². The van der Waals surface area contributed by atoms with Crippen molar-refractivity contribution in [3.8, 4) is 0 Å². The molecule has 0 saturated heterocycles. The van der Waals surface area contributed by atoms with Crippen LogP contribution < -0.4 is 0 Å². The maximum Gasteiger partial charge on any atom is 0.0570 e. The number of aliphatic hydroxyl groups is 1. The van der Waals surface area contributed by atoms with E-state index in [9.17, 15) is 5.11 Å². The molecular weight excluding hydrogens is 184 g/mol. The van der Waals surface area contributed by atoms with Crippen LogP contribution in [0.25, 0.3) is 0 Å². The Labute approximate surface area is 96.3 Å². The Hall–Kier alpha value is -0.0400. The molecule has 1 heteroatoms. The van der Waals surface area contributed by atoms with Crippen molar-refractivity contribution in [1.82, 2.24) is 0 Å². The molecule has 0 heterocycles. The first-order valence-electron chi connectivity index (χ1n) is 6.69. The number of aliphatic hydroxyl groups excluding tert-OH is 1. The normalized spacial score (nSPS) is 17.8. The fraction of sp³-hybridized carbons (Fsp3) is 1.00. The van der Waals surface area contributed by atoms with Gasteiger partial charge in [-0.05, 0) is 30.6 Å². The van der Waals surface area contributed by atoms with Gasteiger partial charge in [0.15, 0.2) is 0 Å². The van der Waals surface area contributed by atoms with Crippen molar-refractivity contribution >= 4 is 0 Å². The molecule has 0 aliphatic heterocycles. The van der Waals surface area contributed by atoms with Crippen LogP contribution in [0.2, 0.25) is 0 Å². The van der Waals surface area contributed by atoms with Gasteiger partial charge in [0.2, 0.25) is 0 Å². The Balaban J connectivity index is 3.97. The highest BCUT2D eigenvalue weighted by atomic mass is 16.3. The molecule has 0 aromatic carbocycles. The van der Waals surface area contributed by atoms with Crippen LogP contribution in [-0.4, -0.2) is 11.2 Å². The van der Waals surface area contributed by atoms with E-state index in [1.165, 1.54) is 12.8 Å². The van der Waals surface area contributed by atoms with Crippen molar-refractivity contribution in [2.75, 3.05) is 0 Å². The van der Waals surface area contributed by atoms with Gasteiger partial charge in [0.25, 0.3) is 0 Å². The minimum atomic E-state index is -0.0843. The average molecular weight is 214 g/mol. The molecule has 0 radical (unpaired) electrons. The number of hydrogen-bond acceptors (Lipinski definition) is 1. The summed E-state index contributed by atoms with van der Waals surface area (Å²) >= 11 is 0. The highest BCUT2D eigenvalue weighted by molar-refractivity contribution is 4.71. The van der Waals surface area contributed by atoms with Gasteiger partial charge in [-0.25, -0.2) is 0 Å². The topological polar surface area (TPSA) is 20.2 Å². The predicted octanol–water partition coefficient (Wildman–Crippen LogP) is 4.25. The van der Waals surface area contributed by atoms with Crippen LogP contribution in [-0.2, 0) is 0 Å². The summed E-state index contributed by atoms with van der Waals surface area (Å²) in [4.78, 5) is 0. The maximum absolute atomic E-state index is 10.2. The molecule has 3 unspecified atom stereocenters. The number of hydrogen-bond donors (Lipinski definition) is 1. The molecule has 92 valence electrons. The van der Waals surface area contributed by atoms with E-state index in [2.05, 4.69) is 34.6 Å². The van der Waals surface area contributed by atoms with Crippen LogP contribution in [0, 0.1) is 17.8 Å². The summed E-state index contributed by atoms with van der Waals surface area (Å²) in [7, 11) is 0. The maximum atomic E-state index is 10.2. The third-order valence-corrected chi connectivity index (χ3v) is 3.27. The molecule has 0 bridgehead atoms. The lowest BCUT2D eigenvalue weighted by Gasteiger charge is -2.25. The van der Waals surface area contributed by atoms with Crippen LogP contribution in [0.5, 0.6) is 0 Å². The fourth-order valence-electron chi connectivity index (χ4n) is 2.42. The smallest absolute Gasteiger partial charge is 0.0570 e. The zero-order valence-electron chi connectivity index (χ0n) is 11.3. The summed E-state index contributed by atoms with van der Waals surface area (Å²) in [6.07, 6.45) is 5.65. The minimum absolute atomic E-state index is 0.0843. The quantitative estimate of drug-likeness (QED) is 0.640. The van der Waals surface area contributed by atoms with Gasteiger partial charge in [0.05, 0.1) is 6.10 Å². The van der Waals surface area contributed by atoms with Crippen LogP contribution in [0.3, 0.4) is 0 Å². The van der Waals surface area contributed by atoms with E-state index in [4.69, 9.17) is 0 Å². The highest BCUT2D eigenvalue weighted by Gasteiger charge is 2.20. The van der Waals surface area contributed by atoms with Crippen LogP contribution in [0.15, 0.2) is 0 Å². The van der Waals surface area contributed by atoms with Gasteiger partial charge in [-0.3, -0.25) is 0 Å². The van der Waals surface area contributed by atoms with Crippen molar-refractivity contribution in [3.05, 3.63) is 0 Å². The zero-order chi connectivity index (χ0) is 11.8. The molecule has 0 aliphatic rings. The van der Waals surface area contributed by atoms with Crippen molar-refractivity contribution in [2.24, 2.45) is 17.8 Å². The largest absolute Gasteiger partial charge is 0.393 e. The zero-order valence-corrected chi connectivity index (χ0v) is 11.3. The van der Waals surface area contributed by atoms with Crippen molar-refractivity contribution < 1.29 is 5.11 Å². The van der Waals surface area contributed by atoms with Crippen molar-refractivity contribution in [3.63, 3.8) is 0 Å². The molecule has 1 N–H and O–H groups in total. The fourth-order valence-corrected chi connectivity index (χ4v) is 2.42. The summed E-state index contributed by atoms with van der Waals surface area (Å²) in [6.45, 7) is 11.2. The second-order valence-corrected chi connectivity index (χ2v) is 5.49. The monoisotopic (exact) mass is 214 g/mol. The van der Waals surface area contributed by atoms with Crippen molar-refractivity contribution in [1.29, 1.82) is 0 Å². The number of rotatable bonds is 8. The van der Waals surface area contributed by atoms with Gasteiger partial charge in [0, 0.05) is 0 Å². The van der Waals surface area contributed by atoms with Crippen LogP contribution in [0.1, 0.15) is 66.7 Å². The van der Waals surface area contributed by atoms with Crippen LogP contribution in [0.4, 0.5) is 0 Å². The van der Waals surface area contributed by atoms with E-state index < -0.39 is 0 Å². The average Bonchev–Trinajstić information content (AvgIpc) is 2.13. The Morgan fingerprint density at radius 2 is 1.60 bits per heavy atom. The minimum Gasteiger partial charge on any atom is -0.393 e. The first kappa shape index (κ1) is 15.0. The first-order valence-corrected chi connectivity index (χ1v) is 6.69. The highest BCUT2D eigenvalue weighted by Crippen LogP contribution is 2.24. The molecule has 1 nitrogen and oxygen atoms in total. The summed E-state index contributed by atoms with van der Waals surface area (Å²) in [6, 6.07) is 0. The molecule has 0 aromatic rings. The van der Waals surface area contributed by atoms with Gasteiger partial charge < -0.3 is 5.11 Å². The summed E-state index contributed by atoms with van der Waals surface area (Å²) in [5.74, 6) is 1.88. The first-order chi connectivity index (χ1) is 7.01. The molecule has 0 saturated carbocycles. The summed E-state index contributed by atoms with van der Waals surface area (Å²) in [5.41, 5.74) is 0. The van der Waals surface area contributed by atoms with E-state index >= 15 is 0 Å². The van der Waals surface area contributed by atoms with Gasteiger partial charge in [0.1, 0.15) is 0 Å². The molecule has 0 fully saturated rings. The van der Waals surface area contributed by atoms with Crippen LogP contribution >= 0.6 is 0 Å². The molecule has 0 aliphatic carbocycles. The molecule has 15 heavy (non-hydrogen) atoms. The second-order valence-electron chi connectivity index (χ2n) is 5.49. The lowest BCUT2D eigenvalue weighted by Crippen LogP contribution is -2.23. The SMILES string of the molecule is CCCC(C)CC(O)C(CC)CC(C)C. The molecular formula is C14H30O. The predicted molar refractivity (Wildman–Crippen MR) is 67.9 cm³/mol. The Morgan fingerprint density at radius 3 is 2.00 bits per heavy atom. The van der Waals surface area contributed by atoms with E-state index in [0.717, 1.165) is 19.3 Å². The van der Waals surface area contributed by atoms with E-state index in [0.29, 0.717) is 17.8 Å². The van der Waals surface area contributed by atoms with E-state index in [-0.39, 0.29) is 6.10 Å². The molecule has 0 amide bonds. The van der Waals surface area contributed by atoms with E-state index in [1.54, 1.807) is 0 Å². The summed E-state index contributed by atoms with van der Waals surface area (Å²) < 4.78 is 0. The molecule has 3 atom stereocenters. The molecule has 0 aromatic heterocycles. The standard InChI is InChI=1S/C14H30O/c1-6-8-12(5)10-14(15)13(7-2)9-11(3)4/h11-15H,6-10H2,1-5H3. The van der Waals surface area contributed by atoms with Gasteiger partial charge >= 0.3 is 0 Å². The Morgan fingerprint density at radius 1 is 1.00 bits per heavy atom. The Bertz CT molecular complexity index is 142. The van der Waals surface area contributed by atoms with Gasteiger partial charge in [-0.15, -0.1) is 0 Å². The summed E-state index contributed by atoms with van der Waals surface area (Å²) in [5, 5.41) is 10.2.